The Balaban J connectivity index is 1.61. The van der Waals surface area contributed by atoms with Crippen LogP contribution in [0.3, 0.4) is 0 Å². The molecule has 5 heteroatoms. The molecule has 0 spiro atoms. The van der Waals surface area contributed by atoms with Gasteiger partial charge >= 0.3 is 0 Å². The van der Waals surface area contributed by atoms with E-state index in [-0.39, 0.29) is 17.2 Å². The smallest absolute Gasteiger partial charge is 0.224 e. The summed E-state index contributed by atoms with van der Waals surface area (Å²) in [5.41, 5.74) is 3.93. The molecule has 0 unspecified atom stereocenters. The number of carbonyl (C=O) groups excluding carboxylic acids is 2. The first-order chi connectivity index (χ1) is 13.2. The van der Waals surface area contributed by atoms with Crippen molar-refractivity contribution in [3.8, 4) is 5.75 Å². The van der Waals surface area contributed by atoms with Crippen LogP contribution in [-0.4, -0.2) is 25.0 Å². The third-order valence-electron chi connectivity index (χ3n) is 4.95. The molecule has 0 bridgehead atoms. The van der Waals surface area contributed by atoms with E-state index in [1.165, 1.54) is 12.5 Å². The van der Waals surface area contributed by atoms with E-state index in [1.54, 1.807) is 23.1 Å². The second kappa shape index (κ2) is 8.05. The van der Waals surface area contributed by atoms with Crippen LogP contribution < -0.4 is 15.0 Å². The first-order valence-electron chi connectivity index (χ1n) is 9.68. The van der Waals surface area contributed by atoms with E-state index in [0.29, 0.717) is 43.1 Å². The molecule has 28 heavy (non-hydrogen) atoms. The molecule has 5 nitrogen and oxygen atoms in total. The molecule has 2 aromatic carbocycles. The van der Waals surface area contributed by atoms with Gasteiger partial charge in [0.15, 0.2) is 0 Å². The fourth-order valence-corrected chi connectivity index (χ4v) is 3.28. The first kappa shape index (κ1) is 19.9. The van der Waals surface area contributed by atoms with Crippen LogP contribution in [-0.2, 0) is 21.4 Å². The summed E-state index contributed by atoms with van der Waals surface area (Å²) < 4.78 is 5.60. The summed E-state index contributed by atoms with van der Waals surface area (Å²) in [6.07, 6.45) is 1.09. The Labute approximate surface area is 166 Å². The largest absolute Gasteiger partial charge is 0.490 e. The Hall–Kier alpha value is -2.82. The molecule has 0 saturated heterocycles. The third-order valence-corrected chi connectivity index (χ3v) is 4.95. The molecule has 1 aliphatic heterocycles. The molecule has 1 heterocycles. The third kappa shape index (κ3) is 4.71. The Morgan fingerprint density at radius 1 is 1.11 bits per heavy atom. The summed E-state index contributed by atoms with van der Waals surface area (Å²) in [4.78, 5) is 25.9. The van der Waals surface area contributed by atoms with Crippen molar-refractivity contribution in [3.05, 3.63) is 53.6 Å². The Kier molecular flexibility index (Phi) is 5.73. The highest BCUT2D eigenvalue weighted by Crippen LogP contribution is 2.34. The molecule has 2 amide bonds. The molecule has 0 aliphatic carbocycles. The van der Waals surface area contributed by atoms with Gasteiger partial charge in [-0.15, -0.1) is 0 Å². The lowest BCUT2D eigenvalue weighted by atomic mass is 9.86. The molecular weight excluding hydrogens is 352 g/mol. The van der Waals surface area contributed by atoms with Gasteiger partial charge in [0, 0.05) is 19.0 Å². The van der Waals surface area contributed by atoms with E-state index in [1.807, 2.05) is 0 Å². The average Bonchev–Trinajstić information content (AvgIpc) is 2.65. The molecule has 148 valence electrons. The van der Waals surface area contributed by atoms with Crippen LogP contribution in [0.15, 0.2) is 42.5 Å². The number of nitrogens with zero attached hydrogens (tertiary/aromatic N) is 1. The maximum atomic E-state index is 12.4. The number of nitrogens with one attached hydrogen (secondary N) is 1. The summed E-state index contributed by atoms with van der Waals surface area (Å²) in [6, 6.07) is 13.8. The molecule has 0 fully saturated rings. The number of hydrogen-bond donors (Lipinski definition) is 1. The normalized spacial score (nSPS) is 13.5. The van der Waals surface area contributed by atoms with Crippen molar-refractivity contribution < 1.29 is 14.3 Å². The van der Waals surface area contributed by atoms with E-state index >= 15 is 0 Å². The maximum Gasteiger partial charge on any atom is 0.224 e. The Bertz CT molecular complexity index is 866. The minimum atomic E-state index is -0.0500. The zero-order valence-electron chi connectivity index (χ0n) is 17.0. The lowest BCUT2D eigenvalue weighted by Crippen LogP contribution is -2.36. The fourth-order valence-electron chi connectivity index (χ4n) is 3.28. The van der Waals surface area contributed by atoms with Gasteiger partial charge in [-0.3, -0.25) is 9.59 Å². The summed E-state index contributed by atoms with van der Waals surface area (Å²) >= 11 is 0. The molecule has 0 aromatic heterocycles. The van der Waals surface area contributed by atoms with Crippen molar-refractivity contribution in [1.82, 2.24) is 0 Å². The van der Waals surface area contributed by atoms with Crippen molar-refractivity contribution in [3.63, 3.8) is 0 Å². The molecule has 0 radical (unpaired) electrons. The molecule has 2 aromatic rings. The molecule has 3 rings (SSSR count). The standard InChI is InChI=1S/C23H28N2O3/c1-16(26)25-13-14-28-21-11-10-19(15-20(21)25)24-22(27)12-7-17-5-8-18(9-6-17)23(2,3)4/h5-6,8-11,15H,7,12-14H2,1-4H3,(H,24,27). The monoisotopic (exact) mass is 380 g/mol. The lowest BCUT2D eigenvalue weighted by molar-refractivity contribution is -0.117. The second-order valence-electron chi connectivity index (χ2n) is 8.20. The topological polar surface area (TPSA) is 58.6 Å². The van der Waals surface area contributed by atoms with Gasteiger partial charge < -0.3 is 15.0 Å². The van der Waals surface area contributed by atoms with Crippen molar-refractivity contribution in [2.24, 2.45) is 0 Å². The lowest BCUT2D eigenvalue weighted by Gasteiger charge is -2.29. The van der Waals surface area contributed by atoms with Crippen LogP contribution in [0, 0.1) is 0 Å². The summed E-state index contributed by atoms with van der Waals surface area (Å²) in [6.45, 7) is 9.09. The second-order valence-corrected chi connectivity index (χ2v) is 8.20. The van der Waals surface area contributed by atoms with Crippen LogP contribution in [0.5, 0.6) is 5.75 Å². The Morgan fingerprint density at radius 3 is 2.46 bits per heavy atom. The van der Waals surface area contributed by atoms with Gasteiger partial charge in [0.25, 0.3) is 0 Å². The number of amides is 2. The van der Waals surface area contributed by atoms with Crippen molar-refractivity contribution in [2.75, 3.05) is 23.4 Å². The van der Waals surface area contributed by atoms with Gasteiger partial charge in [-0.05, 0) is 41.2 Å². The summed E-state index contributed by atoms with van der Waals surface area (Å²) in [5, 5.41) is 2.92. The van der Waals surface area contributed by atoms with E-state index in [4.69, 9.17) is 4.74 Å². The van der Waals surface area contributed by atoms with Crippen LogP contribution >= 0.6 is 0 Å². The SMILES string of the molecule is CC(=O)N1CCOc2ccc(NC(=O)CCc3ccc(C(C)(C)C)cc3)cc21. The number of anilines is 2. The minimum Gasteiger partial charge on any atom is -0.490 e. The van der Waals surface area contributed by atoms with E-state index in [0.717, 1.165) is 5.56 Å². The van der Waals surface area contributed by atoms with Gasteiger partial charge in [-0.25, -0.2) is 0 Å². The number of aryl methyl sites for hydroxylation is 1. The van der Waals surface area contributed by atoms with E-state index < -0.39 is 0 Å². The molecule has 0 saturated carbocycles. The highest BCUT2D eigenvalue weighted by atomic mass is 16.5. The molecule has 1 aliphatic rings. The zero-order chi connectivity index (χ0) is 20.3. The van der Waals surface area contributed by atoms with Gasteiger partial charge in [-0.2, -0.15) is 0 Å². The minimum absolute atomic E-state index is 0.0354. The van der Waals surface area contributed by atoms with Gasteiger partial charge in [0.2, 0.25) is 11.8 Å². The van der Waals surface area contributed by atoms with Crippen LogP contribution in [0.4, 0.5) is 11.4 Å². The van der Waals surface area contributed by atoms with Crippen molar-refractivity contribution in [1.29, 1.82) is 0 Å². The van der Waals surface area contributed by atoms with E-state index in [9.17, 15) is 9.59 Å². The first-order valence-corrected chi connectivity index (χ1v) is 9.68. The molecular formula is C23H28N2O3. The van der Waals surface area contributed by atoms with Crippen LogP contribution in [0.2, 0.25) is 0 Å². The Morgan fingerprint density at radius 2 is 1.82 bits per heavy atom. The molecule has 0 atom stereocenters. The molecule has 1 N–H and O–H groups in total. The predicted molar refractivity (Wildman–Crippen MR) is 112 cm³/mol. The number of rotatable bonds is 4. The van der Waals surface area contributed by atoms with Gasteiger partial charge in [0.05, 0.1) is 12.2 Å². The summed E-state index contributed by atoms with van der Waals surface area (Å²) in [5.74, 6) is 0.580. The average molecular weight is 380 g/mol. The number of benzene rings is 2. The summed E-state index contributed by atoms with van der Waals surface area (Å²) in [7, 11) is 0. The fraction of sp³-hybridized carbons (Fsp3) is 0.391. The number of ether oxygens (including phenoxy) is 1. The van der Waals surface area contributed by atoms with Crippen molar-refractivity contribution in [2.45, 2.75) is 46.0 Å². The predicted octanol–water partition coefficient (Wildman–Crippen LogP) is 4.30. The van der Waals surface area contributed by atoms with Crippen molar-refractivity contribution >= 4 is 23.2 Å². The quantitative estimate of drug-likeness (QED) is 0.860. The number of hydrogen-bond acceptors (Lipinski definition) is 3. The number of carbonyl (C=O) groups is 2. The van der Waals surface area contributed by atoms with Crippen LogP contribution in [0.25, 0.3) is 0 Å². The van der Waals surface area contributed by atoms with E-state index in [2.05, 4.69) is 50.4 Å². The van der Waals surface area contributed by atoms with Gasteiger partial charge in [0.1, 0.15) is 12.4 Å². The maximum absolute atomic E-state index is 12.4. The highest BCUT2D eigenvalue weighted by molar-refractivity contribution is 5.96. The number of fused-ring (bicyclic) bond motifs is 1. The zero-order valence-corrected chi connectivity index (χ0v) is 17.0. The van der Waals surface area contributed by atoms with Crippen LogP contribution in [0.1, 0.15) is 45.2 Å². The highest BCUT2D eigenvalue weighted by Gasteiger charge is 2.21. The van der Waals surface area contributed by atoms with Gasteiger partial charge in [-0.1, -0.05) is 45.0 Å².